The Morgan fingerprint density at radius 2 is 1.87 bits per heavy atom. The summed E-state index contributed by atoms with van der Waals surface area (Å²) in [6.07, 6.45) is 2.18. The number of aliphatic hydroxyl groups is 1. The molecule has 2 fully saturated rings. The maximum Gasteiger partial charge on any atom is 0.0916 e. The third-order valence-corrected chi connectivity index (χ3v) is 5.12. The maximum atomic E-state index is 10.5. The lowest BCUT2D eigenvalue weighted by Crippen LogP contribution is -2.45. The summed E-state index contributed by atoms with van der Waals surface area (Å²) in [5, 5.41) is 10.5. The van der Waals surface area contributed by atoms with E-state index in [1.165, 1.54) is 24.9 Å². The van der Waals surface area contributed by atoms with E-state index < -0.39 is 0 Å². The van der Waals surface area contributed by atoms with Gasteiger partial charge in [-0.25, -0.2) is 0 Å². The fourth-order valence-corrected chi connectivity index (χ4v) is 3.75. The summed E-state index contributed by atoms with van der Waals surface area (Å²) in [6, 6.07) is 8.26. The molecule has 0 radical (unpaired) electrons. The molecule has 128 valence electrons. The van der Waals surface area contributed by atoms with Gasteiger partial charge in [0.25, 0.3) is 0 Å². The van der Waals surface area contributed by atoms with Gasteiger partial charge < -0.3 is 14.7 Å². The number of hydrogen-bond donors (Lipinski definition) is 1. The molecule has 1 aromatic carbocycles. The second-order valence-electron chi connectivity index (χ2n) is 7.11. The van der Waals surface area contributed by atoms with E-state index in [4.69, 9.17) is 4.74 Å². The van der Waals surface area contributed by atoms with Crippen LogP contribution in [0.25, 0.3) is 0 Å². The molecule has 1 aromatic rings. The predicted molar refractivity (Wildman–Crippen MR) is 92.6 cm³/mol. The SMILES string of the molecule is Cc1ccc(C(O)CN2CCCC(CN3CCOCC3)C2)cc1. The van der Waals surface area contributed by atoms with Crippen LogP contribution in [0.5, 0.6) is 0 Å². The second-order valence-corrected chi connectivity index (χ2v) is 7.11. The lowest BCUT2D eigenvalue weighted by molar-refractivity contribution is 0.0187. The first-order valence-corrected chi connectivity index (χ1v) is 8.98. The Morgan fingerprint density at radius 3 is 2.61 bits per heavy atom. The first-order valence-electron chi connectivity index (χ1n) is 8.98. The summed E-state index contributed by atoms with van der Waals surface area (Å²) in [5.41, 5.74) is 2.27. The Bertz CT molecular complexity index is 471. The van der Waals surface area contributed by atoms with Crippen LogP contribution in [0.15, 0.2) is 24.3 Å². The van der Waals surface area contributed by atoms with Gasteiger partial charge in [0.1, 0.15) is 0 Å². The van der Waals surface area contributed by atoms with Crippen molar-refractivity contribution in [1.29, 1.82) is 0 Å². The summed E-state index contributed by atoms with van der Waals surface area (Å²) < 4.78 is 5.43. The first-order chi connectivity index (χ1) is 11.2. The molecule has 0 saturated carbocycles. The summed E-state index contributed by atoms with van der Waals surface area (Å²) in [4.78, 5) is 4.98. The van der Waals surface area contributed by atoms with Crippen molar-refractivity contribution >= 4 is 0 Å². The number of β-amino-alcohol motifs (C(OH)–C–C–N with tert-alkyl or cyclic N) is 1. The maximum absolute atomic E-state index is 10.5. The summed E-state index contributed by atoms with van der Waals surface area (Å²) in [7, 11) is 0. The van der Waals surface area contributed by atoms with Crippen LogP contribution in [-0.2, 0) is 4.74 Å². The number of benzene rings is 1. The number of aryl methyl sites for hydroxylation is 1. The molecule has 0 amide bonds. The van der Waals surface area contributed by atoms with E-state index in [1.807, 2.05) is 0 Å². The van der Waals surface area contributed by atoms with Gasteiger partial charge in [0, 0.05) is 32.7 Å². The predicted octanol–water partition coefficient (Wildman–Crippen LogP) is 2.07. The van der Waals surface area contributed by atoms with E-state index in [0.29, 0.717) is 0 Å². The topological polar surface area (TPSA) is 35.9 Å². The van der Waals surface area contributed by atoms with Gasteiger partial charge in [0.2, 0.25) is 0 Å². The first kappa shape index (κ1) is 16.9. The lowest BCUT2D eigenvalue weighted by Gasteiger charge is -2.37. The molecular formula is C19H30N2O2. The normalized spacial score (nSPS) is 25.4. The van der Waals surface area contributed by atoms with Gasteiger partial charge in [-0.05, 0) is 37.8 Å². The van der Waals surface area contributed by atoms with Gasteiger partial charge in [0.15, 0.2) is 0 Å². The highest BCUT2D eigenvalue weighted by Gasteiger charge is 2.24. The molecule has 0 aliphatic carbocycles. The fourth-order valence-electron chi connectivity index (χ4n) is 3.75. The van der Waals surface area contributed by atoms with Crippen molar-refractivity contribution in [2.45, 2.75) is 25.9 Å². The number of rotatable bonds is 5. The Labute approximate surface area is 140 Å². The number of likely N-dealkylation sites (tertiary alicyclic amines) is 1. The Hall–Kier alpha value is -0.940. The molecule has 0 aromatic heterocycles. The molecule has 2 aliphatic rings. The van der Waals surface area contributed by atoms with Gasteiger partial charge in [0.05, 0.1) is 19.3 Å². The van der Waals surface area contributed by atoms with E-state index in [1.54, 1.807) is 0 Å². The average Bonchev–Trinajstić information content (AvgIpc) is 2.57. The van der Waals surface area contributed by atoms with E-state index >= 15 is 0 Å². The molecule has 23 heavy (non-hydrogen) atoms. The van der Waals surface area contributed by atoms with Crippen molar-refractivity contribution in [2.24, 2.45) is 5.92 Å². The largest absolute Gasteiger partial charge is 0.387 e. The zero-order valence-corrected chi connectivity index (χ0v) is 14.3. The van der Waals surface area contributed by atoms with Crippen LogP contribution < -0.4 is 0 Å². The lowest BCUT2D eigenvalue weighted by atomic mass is 9.96. The second kappa shape index (κ2) is 8.25. The molecule has 3 rings (SSSR count). The quantitative estimate of drug-likeness (QED) is 0.902. The van der Waals surface area contributed by atoms with E-state index in [0.717, 1.165) is 57.4 Å². The number of morpholine rings is 1. The minimum atomic E-state index is -0.377. The molecule has 1 N–H and O–H groups in total. The van der Waals surface area contributed by atoms with Gasteiger partial charge in [-0.15, -0.1) is 0 Å². The number of hydrogen-bond acceptors (Lipinski definition) is 4. The van der Waals surface area contributed by atoms with E-state index in [-0.39, 0.29) is 6.10 Å². The van der Waals surface area contributed by atoms with Crippen molar-refractivity contribution in [3.63, 3.8) is 0 Å². The van der Waals surface area contributed by atoms with Crippen LogP contribution in [0.3, 0.4) is 0 Å². The van der Waals surface area contributed by atoms with Crippen LogP contribution in [-0.4, -0.2) is 67.4 Å². The highest BCUT2D eigenvalue weighted by molar-refractivity contribution is 5.23. The molecule has 4 nitrogen and oxygen atoms in total. The zero-order chi connectivity index (χ0) is 16.1. The van der Waals surface area contributed by atoms with Crippen molar-refractivity contribution in [3.8, 4) is 0 Å². The standard InChI is InChI=1S/C19H30N2O2/c1-16-4-6-18(7-5-16)19(22)15-21-8-2-3-17(14-21)13-20-9-11-23-12-10-20/h4-7,17,19,22H,2-3,8-15H2,1H3. The van der Waals surface area contributed by atoms with Crippen molar-refractivity contribution in [3.05, 3.63) is 35.4 Å². The average molecular weight is 318 g/mol. The fraction of sp³-hybridized carbons (Fsp3) is 0.684. The number of ether oxygens (including phenoxy) is 1. The minimum Gasteiger partial charge on any atom is -0.387 e. The molecule has 2 saturated heterocycles. The number of piperidine rings is 1. The molecule has 2 atom stereocenters. The molecule has 0 spiro atoms. The molecule has 2 heterocycles. The Balaban J connectivity index is 1.48. The minimum absolute atomic E-state index is 0.377. The van der Waals surface area contributed by atoms with Gasteiger partial charge in [-0.2, -0.15) is 0 Å². The Morgan fingerprint density at radius 1 is 1.13 bits per heavy atom. The summed E-state index contributed by atoms with van der Waals surface area (Å²) in [6.45, 7) is 10.1. The zero-order valence-electron chi connectivity index (χ0n) is 14.3. The molecule has 4 heteroatoms. The van der Waals surface area contributed by atoms with Crippen molar-refractivity contribution in [2.75, 3.05) is 52.5 Å². The summed E-state index contributed by atoms with van der Waals surface area (Å²) >= 11 is 0. The van der Waals surface area contributed by atoms with Gasteiger partial charge in [-0.1, -0.05) is 29.8 Å². The van der Waals surface area contributed by atoms with Crippen LogP contribution >= 0.6 is 0 Å². The van der Waals surface area contributed by atoms with Crippen LogP contribution in [0.1, 0.15) is 30.1 Å². The Kier molecular flexibility index (Phi) is 6.06. The highest BCUT2D eigenvalue weighted by Crippen LogP contribution is 2.22. The molecule has 2 unspecified atom stereocenters. The van der Waals surface area contributed by atoms with Crippen molar-refractivity contribution < 1.29 is 9.84 Å². The number of aliphatic hydroxyl groups excluding tert-OH is 1. The van der Waals surface area contributed by atoms with E-state index in [9.17, 15) is 5.11 Å². The van der Waals surface area contributed by atoms with Crippen LogP contribution in [0.4, 0.5) is 0 Å². The third kappa shape index (κ3) is 5.01. The smallest absolute Gasteiger partial charge is 0.0916 e. The molecular weight excluding hydrogens is 288 g/mol. The monoisotopic (exact) mass is 318 g/mol. The highest BCUT2D eigenvalue weighted by atomic mass is 16.5. The van der Waals surface area contributed by atoms with Crippen molar-refractivity contribution in [1.82, 2.24) is 9.80 Å². The van der Waals surface area contributed by atoms with Crippen LogP contribution in [0.2, 0.25) is 0 Å². The molecule has 0 bridgehead atoms. The number of nitrogens with zero attached hydrogens (tertiary/aromatic N) is 2. The van der Waals surface area contributed by atoms with E-state index in [2.05, 4.69) is 41.0 Å². The van der Waals surface area contributed by atoms with Crippen LogP contribution in [0, 0.1) is 12.8 Å². The molecule has 2 aliphatic heterocycles. The van der Waals surface area contributed by atoms with Gasteiger partial charge in [-0.3, -0.25) is 4.90 Å². The third-order valence-electron chi connectivity index (χ3n) is 5.12. The summed E-state index contributed by atoms with van der Waals surface area (Å²) in [5.74, 6) is 0.729. The van der Waals surface area contributed by atoms with Gasteiger partial charge >= 0.3 is 0 Å².